The van der Waals surface area contributed by atoms with Gasteiger partial charge in [0.05, 0.1) is 0 Å². The quantitative estimate of drug-likeness (QED) is 0.584. The lowest BCUT2D eigenvalue weighted by molar-refractivity contribution is 1.53. The van der Waals surface area contributed by atoms with Gasteiger partial charge in [0.25, 0.3) is 0 Å². The SMILES string of the molecule is N=Cc1ccc(/C=C/c2ccccc2)cc1. The van der Waals surface area contributed by atoms with Crippen molar-refractivity contribution in [2.75, 3.05) is 0 Å². The average Bonchev–Trinajstić information content (AvgIpc) is 2.38. The zero-order chi connectivity index (χ0) is 11.2. The normalized spacial score (nSPS) is 10.5. The fraction of sp³-hybridized carbons (Fsp3) is 0. The van der Waals surface area contributed by atoms with E-state index in [1.165, 1.54) is 11.8 Å². The Kier molecular flexibility index (Phi) is 3.29. The summed E-state index contributed by atoms with van der Waals surface area (Å²) >= 11 is 0. The Hall–Kier alpha value is -2.15. The zero-order valence-corrected chi connectivity index (χ0v) is 8.93. The van der Waals surface area contributed by atoms with Crippen molar-refractivity contribution in [3.8, 4) is 0 Å². The van der Waals surface area contributed by atoms with Crippen LogP contribution in [0.5, 0.6) is 0 Å². The number of hydrogen-bond donors (Lipinski definition) is 1. The van der Waals surface area contributed by atoms with Crippen LogP contribution in [0.2, 0.25) is 0 Å². The summed E-state index contributed by atoms with van der Waals surface area (Å²) in [4.78, 5) is 0. The van der Waals surface area contributed by atoms with Crippen LogP contribution in [-0.4, -0.2) is 6.21 Å². The first-order chi connectivity index (χ1) is 7.88. The van der Waals surface area contributed by atoms with E-state index in [0.717, 1.165) is 11.1 Å². The maximum atomic E-state index is 7.11. The van der Waals surface area contributed by atoms with E-state index >= 15 is 0 Å². The van der Waals surface area contributed by atoms with Gasteiger partial charge in [0.15, 0.2) is 0 Å². The van der Waals surface area contributed by atoms with Crippen LogP contribution in [0.1, 0.15) is 16.7 Å². The molecule has 0 amide bonds. The van der Waals surface area contributed by atoms with Crippen molar-refractivity contribution in [1.29, 1.82) is 5.41 Å². The second-order valence-corrected chi connectivity index (χ2v) is 3.56. The van der Waals surface area contributed by atoms with Crippen LogP contribution in [-0.2, 0) is 0 Å². The molecule has 0 saturated heterocycles. The van der Waals surface area contributed by atoms with E-state index < -0.39 is 0 Å². The van der Waals surface area contributed by atoms with E-state index in [4.69, 9.17) is 5.41 Å². The van der Waals surface area contributed by atoms with Gasteiger partial charge in [-0.2, -0.15) is 0 Å². The summed E-state index contributed by atoms with van der Waals surface area (Å²) in [5, 5.41) is 7.11. The van der Waals surface area contributed by atoms with E-state index in [1.54, 1.807) is 0 Å². The molecule has 1 heteroatoms. The molecule has 0 aromatic heterocycles. The lowest BCUT2D eigenvalue weighted by Gasteiger charge is -1.95. The number of benzene rings is 2. The first-order valence-corrected chi connectivity index (χ1v) is 5.22. The molecule has 0 bridgehead atoms. The average molecular weight is 207 g/mol. The van der Waals surface area contributed by atoms with Crippen LogP contribution in [0.4, 0.5) is 0 Å². The second kappa shape index (κ2) is 5.08. The van der Waals surface area contributed by atoms with Crippen molar-refractivity contribution < 1.29 is 0 Å². The molecule has 2 rings (SSSR count). The van der Waals surface area contributed by atoms with Gasteiger partial charge >= 0.3 is 0 Å². The van der Waals surface area contributed by atoms with Crippen LogP contribution in [0.15, 0.2) is 54.6 Å². The highest BCUT2D eigenvalue weighted by atomic mass is 14.3. The van der Waals surface area contributed by atoms with E-state index in [-0.39, 0.29) is 0 Å². The van der Waals surface area contributed by atoms with Gasteiger partial charge in [-0.1, -0.05) is 66.7 Å². The molecule has 0 atom stereocenters. The molecule has 2 aromatic carbocycles. The van der Waals surface area contributed by atoms with Crippen LogP contribution >= 0.6 is 0 Å². The van der Waals surface area contributed by atoms with Crippen molar-refractivity contribution >= 4 is 18.4 Å². The Morgan fingerprint density at radius 2 is 1.12 bits per heavy atom. The molecule has 0 unspecified atom stereocenters. The van der Waals surface area contributed by atoms with Crippen LogP contribution in [0, 0.1) is 5.41 Å². The fourth-order valence-electron chi connectivity index (χ4n) is 1.46. The van der Waals surface area contributed by atoms with E-state index in [1.807, 2.05) is 42.5 Å². The molecule has 78 valence electrons. The lowest BCUT2D eigenvalue weighted by atomic mass is 10.1. The molecule has 0 saturated carbocycles. The monoisotopic (exact) mass is 207 g/mol. The second-order valence-electron chi connectivity index (χ2n) is 3.56. The molecule has 0 aliphatic heterocycles. The Bertz CT molecular complexity index is 481. The summed E-state index contributed by atoms with van der Waals surface area (Å²) in [6.07, 6.45) is 5.51. The van der Waals surface area contributed by atoms with E-state index in [2.05, 4.69) is 24.3 Å². The minimum absolute atomic E-state index is 0.928. The third kappa shape index (κ3) is 2.67. The fourth-order valence-corrected chi connectivity index (χ4v) is 1.46. The summed E-state index contributed by atoms with van der Waals surface area (Å²) < 4.78 is 0. The number of rotatable bonds is 3. The minimum atomic E-state index is 0.928. The Morgan fingerprint density at radius 1 is 0.625 bits per heavy atom. The summed E-state index contributed by atoms with van der Waals surface area (Å²) in [5.74, 6) is 0. The maximum Gasteiger partial charge on any atom is 0.0250 e. The van der Waals surface area contributed by atoms with Crippen LogP contribution in [0.3, 0.4) is 0 Å². The summed E-state index contributed by atoms with van der Waals surface area (Å²) in [6, 6.07) is 18.1. The van der Waals surface area contributed by atoms with Crippen molar-refractivity contribution in [2.24, 2.45) is 0 Å². The first-order valence-electron chi connectivity index (χ1n) is 5.22. The topological polar surface area (TPSA) is 23.9 Å². The van der Waals surface area contributed by atoms with Crippen molar-refractivity contribution in [2.45, 2.75) is 0 Å². The highest BCUT2D eigenvalue weighted by Crippen LogP contribution is 2.08. The number of nitrogens with one attached hydrogen (secondary N) is 1. The summed E-state index contributed by atoms with van der Waals surface area (Å²) in [6.45, 7) is 0. The molecule has 0 aliphatic carbocycles. The largest absolute Gasteiger partial charge is 0.308 e. The predicted octanol–water partition coefficient (Wildman–Crippen LogP) is 3.85. The minimum Gasteiger partial charge on any atom is -0.308 e. The van der Waals surface area contributed by atoms with Crippen molar-refractivity contribution in [3.63, 3.8) is 0 Å². The highest BCUT2D eigenvalue weighted by molar-refractivity contribution is 5.78. The molecule has 1 N–H and O–H groups in total. The lowest BCUT2D eigenvalue weighted by Crippen LogP contribution is -1.78. The Morgan fingerprint density at radius 3 is 1.69 bits per heavy atom. The van der Waals surface area contributed by atoms with Gasteiger partial charge in [-0.3, -0.25) is 0 Å². The smallest absolute Gasteiger partial charge is 0.0250 e. The predicted molar refractivity (Wildman–Crippen MR) is 69.7 cm³/mol. The molecule has 0 fully saturated rings. The molecule has 0 radical (unpaired) electrons. The van der Waals surface area contributed by atoms with Gasteiger partial charge in [0, 0.05) is 6.21 Å². The first kappa shape index (κ1) is 10.4. The molecule has 0 spiro atoms. The van der Waals surface area contributed by atoms with Gasteiger partial charge < -0.3 is 5.41 Å². The molecular formula is C15H13N. The van der Waals surface area contributed by atoms with Crippen LogP contribution < -0.4 is 0 Å². The van der Waals surface area contributed by atoms with Gasteiger partial charge in [0.2, 0.25) is 0 Å². The molecule has 2 aromatic rings. The standard InChI is InChI=1S/C15H13N/c16-12-15-10-8-14(9-11-15)7-6-13-4-2-1-3-5-13/h1-12,16H/b7-6+,16-12?. The third-order valence-corrected chi connectivity index (χ3v) is 2.37. The molecule has 16 heavy (non-hydrogen) atoms. The maximum absolute atomic E-state index is 7.11. The van der Waals surface area contributed by atoms with Gasteiger partial charge in [-0.05, 0) is 16.7 Å². The van der Waals surface area contributed by atoms with E-state index in [0.29, 0.717) is 0 Å². The third-order valence-electron chi connectivity index (χ3n) is 2.37. The highest BCUT2D eigenvalue weighted by Gasteiger charge is 1.88. The molecule has 0 heterocycles. The summed E-state index contributed by atoms with van der Waals surface area (Å²) in [7, 11) is 0. The van der Waals surface area contributed by atoms with Crippen molar-refractivity contribution in [1.82, 2.24) is 0 Å². The van der Waals surface area contributed by atoms with Gasteiger partial charge in [-0.15, -0.1) is 0 Å². The molecule has 1 nitrogen and oxygen atoms in total. The zero-order valence-electron chi connectivity index (χ0n) is 8.93. The summed E-state index contributed by atoms with van der Waals surface area (Å²) in [5.41, 5.74) is 3.27. The molecular weight excluding hydrogens is 194 g/mol. The molecule has 0 aliphatic rings. The Labute approximate surface area is 95.6 Å². The van der Waals surface area contributed by atoms with Gasteiger partial charge in [-0.25, -0.2) is 0 Å². The Balaban J connectivity index is 2.14. The van der Waals surface area contributed by atoms with Gasteiger partial charge in [0.1, 0.15) is 0 Å². The van der Waals surface area contributed by atoms with E-state index in [9.17, 15) is 0 Å². The van der Waals surface area contributed by atoms with Crippen LogP contribution in [0.25, 0.3) is 12.2 Å². The number of hydrogen-bond acceptors (Lipinski definition) is 1. The van der Waals surface area contributed by atoms with Crippen molar-refractivity contribution in [3.05, 3.63) is 71.3 Å².